The van der Waals surface area contributed by atoms with Crippen LogP contribution in [0, 0.1) is 0 Å². The van der Waals surface area contributed by atoms with Crippen LogP contribution >= 0.6 is 0 Å². The number of carbonyl (C=O) groups is 3. The highest BCUT2D eigenvalue weighted by molar-refractivity contribution is 6.04. The Morgan fingerprint density at radius 1 is 0.854 bits per heavy atom. The van der Waals surface area contributed by atoms with E-state index >= 15 is 0 Å². The molecule has 2 aliphatic heterocycles. The number of nitrogens with zero attached hydrogens (tertiary/aromatic N) is 4. The first-order valence-electron chi connectivity index (χ1n) is 13.6. The monoisotopic (exact) mass is 559 g/mol. The molecule has 0 unspecified atom stereocenters. The van der Waals surface area contributed by atoms with E-state index in [0.29, 0.717) is 48.7 Å². The number of morpholine rings is 1. The molecular formula is C30H33N5O6. The summed E-state index contributed by atoms with van der Waals surface area (Å²) in [7, 11) is 0. The summed E-state index contributed by atoms with van der Waals surface area (Å²) in [5.74, 6) is 0.0240. The molecule has 2 amide bonds. The lowest BCUT2D eigenvalue weighted by molar-refractivity contribution is -0.136. The van der Waals surface area contributed by atoms with Gasteiger partial charge in [0, 0.05) is 63.3 Å². The molecule has 0 saturated carbocycles. The van der Waals surface area contributed by atoms with Crippen molar-refractivity contribution < 1.29 is 29.0 Å². The highest BCUT2D eigenvalue weighted by atomic mass is 16.6. The van der Waals surface area contributed by atoms with Crippen molar-refractivity contribution in [3.05, 3.63) is 83.6 Å². The molecule has 0 bridgehead atoms. The fourth-order valence-electron chi connectivity index (χ4n) is 4.76. The standard InChI is InChI=1S/C30H33N5O6/c36-28(37)19-23-3-10-27(31-20-23)34-11-13-35(14-12-34)30(39)41-26-8-6-25(7-9-26)32-29(38)24-4-1-22(2-5-24)21-33-15-17-40-18-16-33/h1-10,20H,11-19,21H2,(H,32,38)(H,36,37). The van der Waals surface area contributed by atoms with Gasteiger partial charge >= 0.3 is 12.1 Å². The Kier molecular flexibility index (Phi) is 9.07. The molecule has 2 saturated heterocycles. The van der Waals surface area contributed by atoms with Gasteiger partial charge in [0.2, 0.25) is 0 Å². The number of anilines is 2. The lowest BCUT2D eigenvalue weighted by Gasteiger charge is -2.34. The topological polar surface area (TPSA) is 125 Å². The third kappa shape index (κ3) is 7.80. The number of nitrogens with one attached hydrogen (secondary N) is 1. The summed E-state index contributed by atoms with van der Waals surface area (Å²) in [6, 6.07) is 17.9. The number of hydrogen-bond acceptors (Lipinski definition) is 8. The van der Waals surface area contributed by atoms with E-state index in [-0.39, 0.29) is 12.3 Å². The Morgan fingerprint density at radius 2 is 1.54 bits per heavy atom. The van der Waals surface area contributed by atoms with Gasteiger partial charge in [-0.15, -0.1) is 0 Å². The zero-order valence-electron chi connectivity index (χ0n) is 22.7. The lowest BCUT2D eigenvalue weighted by atomic mass is 10.1. The van der Waals surface area contributed by atoms with Gasteiger partial charge in [0.1, 0.15) is 11.6 Å². The van der Waals surface area contributed by atoms with E-state index in [1.54, 1.807) is 47.5 Å². The first-order chi connectivity index (χ1) is 19.9. The second-order valence-electron chi connectivity index (χ2n) is 10.0. The van der Waals surface area contributed by atoms with Crippen molar-refractivity contribution in [2.45, 2.75) is 13.0 Å². The highest BCUT2D eigenvalue weighted by Gasteiger charge is 2.23. The predicted molar refractivity (Wildman–Crippen MR) is 152 cm³/mol. The molecule has 2 aliphatic rings. The van der Waals surface area contributed by atoms with Gasteiger partial charge in [0.25, 0.3) is 5.91 Å². The number of carbonyl (C=O) groups excluding carboxylic acids is 2. The second kappa shape index (κ2) is 13.2. The summed E-state index contributed by atoms with van der Waals surface area (Å²) in [5.41, 5.74) is 2.96. The van der Waals surface area contributed by atoms with Gasteiger partial charge in [-0.25, -0.2) is 9.78 Å². The van der Waals surface area contributed by atoms with Crippen LogP contribution in [0.5, 0.6) is 5.75 Å². The number of carboxylic acids is 1. The molecule has 11 heteroatoms. The van der Waals surface area contributed by atoms with E-state index in [4.69, 9.17) is 14.6 Å². The molecule has 0 atom stereocenters. The van der Waals surface area contributed by atoms with Crippen molar-refractivity contribution in [3.8, 4) is 5.75 Å². The molecule has 41 heavy (non-hydrogen) atoms. The summed E-state index contributed by atoms with van der Waals surface area (Å²) >= 11 is 0. The van der Waals surface area contributed by atoms with Crippen molar-refractivity contribution in [3.63, 3.8) is 0 Å². The van der Waals surface area contributed by atoms with E-state index in [1.807, 2.05) is 29.2 Å². The van der Waals surface area contributed by atoms with Crippen molar-refractivity contribution >= 4 is 29.5 Å². The number of rotatable bonds is 8. The van der Waals surface area contributed by atoms with Crippen LogP contribution in [-0.2, 0) is 22.5 Å². The average molecular weight is 560 g/mol. The number of amides is 2. The smallest absolute Gasteiger partial charge is 0.415 e. The molecule has 0 spiro atoms. The van der Waals surface area contributed by atoms with Crippen molar-refractivity contribution in [1.82, 2.24) is 14.8 Å². The number of aliphatic carboxylic acids is 1. The first-order valence-corrected chi connectivity index (χ1v) is 13.6. The Morgan fingerprint density at radius 3 is 2.17 bits per heavy atom. The molecule has 2 aromatic carbocycles. The van der Waals surface area contributed by atoms with E-state index < -0.39 is 12.1 Å². The number of pyridine rings is 1. The minimum Gasteiger partial charge on any atom is -0.481 e. The van der Waals surface area contributed by atoms with Crippen LogP contribution in [-0.4, -0.2) is 90.3 Å². The largest absolute Gasteiger partial charge is 0.481 e. The lowest BCUT2D eigenvalue weighted by Crippen LogP contribution is -2.49. The predicted octanol–water partition coefficient (Wildman–Crippen LogP) is 3.11. The quantitative estimate of drug-likeness (QED) is 0.428. The molecule has 214 valence electrons. The van der Waals surface area contributed by atoms with Gasteiger partial charge in [-0.2, -0.15) is 0 Å². The Hall–Kier alpha value is -4.48. The van der Waals surface area contributed by atoms with Gasteiger partial charge in [0.15, 0.2) is 0 Å². The van der Waals surface area contributed by atoms with Gasteiger partial charge in [-0.3, -0.25) is 14.5 Å². The number of ether oxygens (including phenoxy) is 2. The fourth-order valence-corrected chi connectivity index (χ4v) is 4.76. The van der Waals surface area contributed by atoms with Gasteiger partial charge in [0.05, 0.1) is 19.6 Å². The SMILES string of the molecule is O=C(O)Cc1ccc(N2CCN(C(=O)Oc3ccc(NC(=O)c4ccc(CN5CCOCC5)cc4)cc3)CC2)nc1. The van der Waals surface area contributed by atoms with E-state index in [0.717, 1.165) is 44.2 Å². The summed E-state index contributed by atoms with van der Waals surface area (Å²) in [6.07, 6.45) is 1.06. The van der Waals surface area contributed by atoms with Gasteiger partial charge in [-0.1, -0.05) is 18.2 Å². The van der Waals surface area contributed by atoms with E-state index in [2.05, 4.69) is 15.2 Å². The second-order valence-corrected chi connectivity index (χ2v) is 10.0. The van der Waals surface area contributed by atoms with Crippen LogP contribution in [0.3, 0.4) is 0 Å². The van der Waals surface area contributed by atoms with Crippen molar-refractivity contribution in [2.24, 2.45) is 0 Å². The molecular weight excluding hydrogens is 526 g/mol. The van der Waals surface area contributed by atoms with Crippen molar-refractivity contribution in [2.75, 3.05) is 62.7 Å². The number of benzene rings is 2. The number of hydrogen-bond donors (Lipinski definition) is 2. The van der Waals surface area contributed by atoms with E-state index in [9.17, 15) is 14.4 Å². The molecule has 1 aromatic heterocycles. The van der Waals surface area contributed by atoms with Crippen molar-refractivity contribution in [1.29, 1.82) is 0 Å². The minimum atomic E-state index is -0.896. The molecule has 0 aliphatic carbocycles. The van der Waals surface area contributed by atoms with Crippen LogP contribution < -0.4 is 15.0 Å². The van der Waals surface area contributed by atoms with Crippen LogP contribution in [0.2, 0.25) is 0 Å². The highest BCUT2D eigenvalue weighted by Crippen LogP contribution is 2.20. The summed E-state index contributed by atoms with van der Waals surface area (Å²) in [4.78, 5) is 46.6. The molecule has 3 aromatic rings. The molecule has 5 rings (SSSR count). The molecule has 0 radical (unpaired) electrons. The third-order valence-corrected chi connectivity index (χ3v) is 7.07. The minimum absolute atomic E-state index is 0.0654. The van der Waals surface area contributed by atoms with Crippen LogP contribution in [0.15, 0.2) is 66.9 Å². The fraction of sp³-hybridized carbons (Fsp3) is 0.333. The Bertz CT molecular complexity index is 1330. The van der Waals surface area contributed by atoms with E-state index in [1.165, 1.54) is 0 Å². The molecule has 11 nitrogen and oxygen atoms in total. The summed E-state index contributed by atoms with van der Waals surface area (Å²) in [5, 5.41) is 11.8. The Balaban J connectivity index is 1.07. The van der Waals surface area contributed by atoms with Gasteiger partial charge in [-0.05, 0) is 53.6 Å². The molecule has 3 heterocycles. The molecule has 2 N–H and O–H groups in total. The average Bonchev–Trinajstić information content (AvgIpc) is 2.99. The number of aromatic nitrogens is 1. The van der Waals surface area contributed by atoms with Crippen LogP contribution in [0.4, 0.5) is 16.3 Å². The first kappa shape index (κ1) is 28.1. The maximum atomic E-state index is 12.7. The summed E-state index contributed by atoms with van der Waals surface area (Å²) in [6.45, 7) is 6.27. The van der Waals surface area contributed by atoms with Crippen LogP contribution in [0.1, 0.15) is 21.5 Å². The third-order valence-electron chi connectivity index (χ3n) is 7.07. The van der Waals surface area contributed by atoms with Crippen LogP contribution in [0.25, 0.3) is 0 Å². The Labute approximate surface area is 238 Å². The normalized spacial score (nSPS) is 15.8. The number of carboxylic acid groups (broad SMARTS) is 1. The maximum absolute atomic E-state index is 12.7. The maximum Gasteiger partial charge on any atom is 0.415 e. The van der Waals surface area contributed by atoms with Gasteiger partial charge < -0.3 is 29.7 Å². The number of piperazine rings is 1. The zero-order chi connectivity index (χ0) is 28.6. The zero-order valence-corrected chi connectivity index (χ0v) is 22.7. The summed E-state index contributed by atoms with van der Waals surface area (Å²) < 4.78 is 10.9. The molecule has 2 fully saturated rings.